The number of carbonyl (C=O) groups excluding carboxylic acids is 2. The average molecular weight is 257 g/mol. The van der Waals surface area contributed by atoms with Crippen LogP contribution in [0.1, 0.15) is 12.8 Å². The Morgan fingerprint density at radius 1 is 1.16 bits per heavy atom. The van der Waals surface area contributed by atoms with Crippen LogP contribution in [-0.2, 0) is 9.59 Å². The molecular weight excluding hydrogens is 242 g/mol. The highest BCUT2D eigenvalue weighted by Gasteiger charge is 2.24. The van der Waals surface area contributed by atoms with E-state index >= 15 is 0 Å². The number of benzene rings is 1. The van der Waals surface area contributed by atoms with Gasteiger partial charge in [0.1, 0.15) is 0 Å². The number of nitrogens with one attached hydrogen (secondary N) is 2. The summed E-state index contributed by atoms with van der Waals surface area (Å²) in [5.41, 5.74) is 1.57. The monoisotopic (exact) mass is 257 g/mol. The molecule has 2 amide bonds. The molecule has 3 rings (SSSR count). The first kappa shape index (κ1) is 11.8. The van der Waals surface area contributed by atoms with Gasteiger partial charge in [0.05, 0.1) is 0 Å². The molecule has 0 radical (unpaired) electrons. The van der Waals surface area contributed by atoms with Gasteiger partial charge in [-0.2, -0.15) is 0 Å². The van der Waals surface area contributed by atoms with E-state index in [9.17, 15) is 9.59 Å². The minimum Gasteiger partial charge on any atom is -0.361 e. The molecule has 1 aliphatic rings. The van der Waals surface area contributed by atoms with Gasteiger partial charge in [0.2, 0.25) is 0 Å². The van der Waals surface area contributed by atoms with E-state index in [1.54, 1.807) is 11.0 Å². The van der Waals surface area contributed by atoms with Crippen LogP contribution in [0, 0.1) is 0 Å². The van der Waals surface area contributed by atoms with Crippen molar-refractivity contribution in [3.05, 3.63) is 30.5 Å². The molecule has 1 aromatic heterocycles. The third kappa shape index (κ3) is 2.31. The fraction of sp³-hybridized carbons (Fsp3) is 0.286. The lowest BCUT2D eigenvalue weighted by Crippen LogP contribution is -2.37. The van der Waals surface area contributed by atoms with Crippen molar-refractivity contribution < 1.29 is 9.59 Å². The molecule has 1 saturated heterocycles. The smallest absolute Gasteiger partial charge is 0.313 e. The summed E-state index contributed by atoms with van der Waals surface area (Å²) in [6.07, 6.45) is 3.80. The van der Waals surface area contributed by atoms with E-state index in [-0.39, 0.29) is 0 Å². The molecule has 0 aliphatic carbocycles. The van der Waals surface area contributed by atoms with Gasteiger partial charge in [-0.05, 0) is 36.4 Å². The second-order valence-corrected chi connectivity index (χ2v) is 4.73. The molecule has 5 heteroatoms. The maximum atomic E-state index is 11.9. The van der Waals surface area contributed by atoms with Crippen LogP contribution < -0.4 is 5.32 Å². The summed E-state index contributed by atoms with van der Waals surface area (Å²) in [6.45, 7) is 1.36. The van der Waals surface area contributed by atoms with Crippen molar-refractivity contribution in [2.24, 2.45) is 0 Å². The summed E-state index contributed by atoms with van der Waals surface area (Å²) in [6, 6.07) is 7.48. The summed E-state index contributed by atoms with van der Waals surface area (Å²) >= 11 is 0. The van der Waals surface area contributed by atoms with Crippen molar-refractivity contribution in [1.29, 1.82) is 0 Å². The molecule has 1 aliphatic heterocycles. The van der Waals surface area contributed by atoms with Gasteiger partial charge in [-0.3, -0.25) is 9.59 Å². The SMILES string of the molecule is O=C(Nc1ccc2cc[nH]c2c1)C(=O)N1CCCC1. The third-order valence-electron chi connectivity index (χ3n) is 3.40. The van der Waals surface area contributed by atoms with Gasteiger partial charge >= 0.3 is 11.8 Å². The molecule has 0 bridgehead atoms. The summed E-state index contributed by atoms with van der Waals surface area (Å²) in [4.78, 5) is 28.4. The molecule has 2 N–H and O–H groups in total. The Balaban J connectivity index is 1.72. The van der Waals surface area contributed by atoms with Gasteiger partial charge < -0.3 is 15.2 Å². The molecule has 1 fully saturated rings. The van der Waals surface area contributed by atoms with E-state index in [1.807, 2.05) is 24.4 Å². The Labute approximate surface area is 110 Å². The van der Waals surface area contributed by atoms with Crippen molar-refractivity contribution in [3.8, 4) is 0 Å². The standard InChI is InChI=1S/C14H15N3O2/c18-13(14(19)17-7-1-2-8-17)16-11-4-3-10-5-6-15-12(10)9-11/h3-6,9,15H,1-2,7-8H2,(H,16,18). The first-order valence-corrected chi connectivity index (χ1v) is 6.41. The molecule has 0 saturated carbocycles. The second kappa shape index (κ2) is 4.76. The first-order valence-electron chi connectivity index (χ1n) is 6.41. The van der Waals surface area contributed by atoms with Gasteiger partial charge in [0.25, 0.3) is 0 Å². The van der Waals surface area contributed by atoms with Crippen molar-refractivity contribution in [2.45, 2.75) is 12.8 Å². The zero-order valence-electron chi connectivity index (χ0n) is 10.5. The molecule has 19 heavy (non-hydrogen) atoms. The summed E-state index contributed by atoms with van der Waals surface area (Å²) in [7, 11) is 0. The van der Waals surface area contributed by atoms with Crippen LogP contribution in [-0.4, -0.2) is 34.8 Å². The first-order chi connectivity index (χ1) is 9.24. The lowest BCUT2D eigenvalue weighted by atomic mass is 10.2. The number of aromatic amines is 1. The number of amides is 2. The van der Waals surface area contributed by atoms with E-state index < -0.39 is 11.8 Å². The highest BCUT2D eigenvalue weighted by molar-refractivity contribution is 6.39. The molecule has 0 unspecified atom stereocenters. The Hall–Kier alpha value is -2.30. The fourth-order valence-electron chi connectivity index (χ4n) is 2.37. The maximum absolute atomic E-state index is 11.9. The Kier molecular flexibility index (Phi) is 2.95. The predicted molar refractivity (Wildman–Crippen MR) is 72.7 cm³/mol. The lowest BCUT2D eigenvalue weighted by molar-refractivity contribution is -0.142. The molecule has 5 nitrogen and oxygen atoms in total. The van der Waals surface area contributed by atoms with Gasteiger partial charge in [0, 0.05) is 30.5 Å². The molecule has 2 aromatic rings. The van der Waals surface area contributed by atoms with Crippen LogP contribution >= 0.6 is 0 Å². The summed E-state index contributed by atoms with van der Waals surface area (Å²) < 4.78 is 0. The van der Waals surface area contributed by atoms with Crippen LogP contribution in [0.4, 0.5) is 5.69 Å². The number of fused-ring (bicyclic) bond motifs is 1. The Morgan fingerprint density at radius 2 is 1.95 bits per heavy atom. The summed E-state index contributed by atoms with van der Waals surface area (Å²) in [5.74, 6) is -1.00. The average Bonchev–Trinajstić information content (AvgIpc) is 3.08. The number of hydrogen-bond acceptors (Lipinski definition) is 2. The number of carbonyl (C=O) groups is 2. The number of H-pyrrole nitrogens is 1. The van der Waals surface area contributed by atoms with Crippen molar-refractivity contribution in [1.82, 2.24) is 9.88 Å². The van der Waals surface area contributed by atoms with Crippen molar-refractivity contribution >= 4 is 28.4 Å². The zero-order chi connectivity index (χ0) is 13.2. The predicted octanol–water partition coefficient (Wildman–Crippen LogP) is 1.73. The van der Waals surface area contributed by atoms with Crippen LogP contribution in [0.5, 0.6) is 0 Å². The number of aromatic nitrogens is 1. The highest BCUT2D eigenvalue weighted by Crippen LogP contribution is 2.18. The zero-order valence-corrected chi connectivity index (χ0v) is 10.5. The fourth-order valence-corrected chi connectivity index (χ4v) is 2.37. The van der Waals surface area contributed by atoms with E-state index in [2.05, 4.69) is 10.3 Å². The van der Waals surface area contributed by atoms with Gasteiger partial charge in [0.15, 0.2) is 0 Å². The Morgan fingerprint density at radius 3 is 2.74 bits per heavy atom. The number of rotatable bonds is 1. The van der Waals surface area contributed by atoms with Crippen LogP contribution in [0.15, 0.2) is 30.5 Å². The highest BCUT2D eigenvalue weighted by atomic mass is 16.2. The second-order valence-electron chi connectivity index (χ2n) is 4.73. The molecule has 98 valence electrons. The largest absolute Gasteiger partial charge is 0.361 e. The number of nitrogens with zero attached hydrogens (tertiary/aromatic N) is 1. The quantitative estimate of drug-likeness (QED) is 0.764. The van der Waals surface area contributed by atoms with Gasteiger partial charge in [-0.25, -0.2) is 0 Å². The number of likely N-dealkylation sites (tertiary alicyclic amines) is 1. The minimum absolute atomic E-state index is 0.441. The maximum Gasteiger partial charge on any atom is 0.313 e. The molecule has 1 aromatic carbocycles. The number of hydrogen-bond donors (Lipinski definition) is 2. The molecule has 0 spiro atoms. The van der Waals surface area contributed by atoms with Gasteiger partial charge in [-0.15, -0.1) is 0 Å². The van der Waals surface area contributed by atoms with Crippen LogP contribution in [0.3, 0.4) is 0 Å². The Bertz CT molecular complexity index is 626. The minimum atomic E-state index is -0.562. The lowest BCUT2D eigenvalue weighted by Gasteiger charge is -2.14. The van der Waals surface area contributed by atoms with E-state index in [0.717, 1.165) is 23.7 Å². The van der Waals surface area contributed by atoms with Crippen molar-refractivity contribution in [2.75, 3.05) is 18.4 Å². The molecule has 2 heterocycles. The normalized spacial score (nSPS) is 14.8. The molecule has 0 atom stereocenters. The third-order valence-corrected chi connectivity index (χ3v) is 3.40. The van der Waals surface area contributed by atoms with E-state index in [1.165, 1.54) is 0 Å². The number of anilines is 1. The van der Waals surface area contributed by atoms with E-state index in [0.29, 0.717) is 18.8 Å². The van der Waals surface area contributed by atoms with Crippen LogP contribution in [0.2, 0.25) is 0 Å². The summed E-state index contributed by atoms with van der Waals surface area (Å²) in [5, 5.41) is 3.72. The van der Waals surface area contributed by atoms with Gasteiger partial charge in [-0.1, -0.05) is 6.07 Å². The van der Waals surface area contributed by atoms with Crippen LogP contribution in [0.25, 0.3) is 10.9 Å². The topological polar surface area (TPSA) is 65.2 Å². The van der Waals surface area contributed by atoms with E-state index in [4.69, 9.17) is 0 Å². The molecular formula is C14H15N3O2. The van der Waals surface area contributed by atoms with Crippen molar-refractivity contribution in [3.63, 3.8) is 0 Å².